The summed E-state index contributed by atoms with van der Waals surface area (Å²) in [5.41, 5.74) is 2.44. The van der Waals surface area contributed by atoms with E-state index in [4.69, 9.17) is 10.6 Å². The molecule has 0 radical (unpaired) electrons. The fourth-order valence-corrected chi connectivity index (χ4v) is 1.43. The Bertz CT molecular complexity index is 525. The molecule has 0 aliphatic heterocycles. The number of nitrogens with one attached hydrogen (secondary N) is 2. The van der Waals surface area contributed by atoms with Crippen molar-refractivity contribution in [3.05, 3.63) is 18.5 Å². The summed E-state index contributed by atoms with van der Waals surface area (Å²) in [6.07, 6.45) is 3.01. The first-order valence-corrected chi connectivity index (χ1v) is 5.18. The predicted molar refractivity (Wildman–Crippen MR) is 64.7 cm³/mol. The molecule has 0 bridgehead atoms. The average molecular weight is 250 g/mol. The van der Waals surface area contributed by atoms with Gasteiger partial charge in [-0.25, -0.2) is 15.8 Å². The van der Waals surface area contributed by atoms with Crippen molar-refractivity contribution in [2.45, 2.75) is 6.54 Å². The highest BCUT2D eigenvalue weighted by atomic mass is 16.5. The molecule has 2 aromatic rings. The van der Waals surface area contributed by atoms with E-state index in [-0.39, 0.29) is 0 Å². The van der Waals surface area contributed by atoms with E-state index in [1.54, 1.807) is 6.33 Å². The smallest absolute Gasteiger partial charge is 0.205 e. The van der Waals surface area contributed by atoms with Crippen LogP contribution in [0.15, 0.2) is 12.7 Å². The lowest BCUT2D eigenvalue weighted by Gasteiger charge is -2.11. The predicted octanol–water partition coefficient (Wildman–Crippen LogP) is -0.489. The first kappa shape index (κ1) is 12.0. The quantitative estimate of drug-likeness (QED) is 0.481. The van der Waals surface area contributed by atoms with Gasteiger partial charge in [-0.1, -0.05) is 0 Å². The SMILES string of the molecule is COc1c(NN)ncnc1NCc1nncn1C. The van der Waals surface area contributed by atoms with Gasteiger partial charge in [0.05, 0.1) is 13.7 Å². The van der Waals surface area contributed by atoms with E-state index in [2.05, 4.69) is 30.9 Å². The van der Waals surface area contributed by atoms with Crippen LogP contribution in [0.1, 0.15) is 5.82 Å². The number of nitrogens with two attached hydrogens (primary N) is 1. The van der Waals surface area contributed by atoms with Crippen LogP contribution < -0.4 is 21.3 Å². The summed E-state index contributed by atoms with van der Waals surface area (Å²) in [5, 5.41) is 10.8. The van der Waals surface area contributed by atoms with Crippen LogP contribution in [0.25, 0.3) is 0 Å². The number of methoxy groups -OCH3 is 1. The van der Waals surface area contributed by atoms with Crippen LogP contribution >= 0.6 is 0 Å². The van der Waals surface area contributed by atoms with E-state index in [1.807, 2.05) is 11.6 Å². The molecule has 0 aromatic carbocycles. The van der Waals surface area contributed by atoms with E-state index in [0.29, 0.717) is 23.9 Å². The molecular weight excluding hydrogens is 236 g/mol. The zero-order chi connectivity index (χ0) is 13.0. The van der Waals surface area contributed by atoms with Crippen LogP contribution in [0.3, 0.4) is 0 Å². The molecule has 9 nitrogen and oxygen atoms in total. The van der Waals surface area contributed by atoms with E-state index in [0.717, 1.165) is 5.82 Å². The van der Waals surface area contributed by atoms with Crippen LogP contribution in [0, 0.1) is 0 Å². The summed E-state index contributed by atoms with van der Waals surface area (Å²) in [7, 11) is 3.38. The highest BCUT2D eigenvalue weighted by Gasteiger charge is 2.11. The number of hydrazine groups is 1. The molecular formula is C9H14N8O. The molecule has 0 atom stereocenters. The zero-order valence-electron chi connectivity index (χ0n) is 10.1. The van der Waals surface area contributed by atoms with Crippen molar-refractivity contribution in [1.82, 2.24) is 24.7 Å². The lowest BCUT2D eigenvalue weighted by atomic mass is 10.4. The number of hydrogen-bond donors (Lipinski definition) is 3. The van der Waals surface area contributed by atoms with Crippen molar-refractivity contribution in [2.75, 3.05) is 17.9 Å². The van der Waals surface area contributed by atoms with Gasteiger partial charge >= 0.3 is 0 Å². The maximum Gasteiger partial charge on any atom is 0.205 e. The fraction of sp³-hybridized carbons (Fsp3) is 0.333. The number of nitrogen functional groups attached to an aromatic ring is 1. The number of hydrogen-bond acceptors (Lipinski definition) is 8. The largest absolute Gasteiger partial charge is 0.490 e. The van der Waals surface area contributed by atoms with Crippen molar-refractivity contribution < 1.29 is 4.74 Å². The third-order valence-electron chi connectivity index (χ3n) is 2.36. The lowest BCUT2D eigenvalue weighted by molar-refractivity contribution is 0.414. The Morgan fingerprint density at radius 3 is 2.78 bits per heavy atom. The minimum Gasteiger partial charge on any atom is -0.490 e. The van der Waals surface area contributed by atoms with Crippen LogP contribution in [0.4, 0.5) is 11.6 Å². The van der Waals surface area contributed by atoms with Crippen LogP contribution in [-0.2, 0) is 13.6 Å². The van der Waals surface area contributed by atoms with Gasteiger partial charge in [0.15, 0.2) is 17.5 Å². The van der Waals surface area contributed by atoms with Crippen molar-refractivity contribution in [1.29, 1.82) is 0 Å². The summed E-state index contributed by atoms with van der Waals surface area (Å²) in [4.78, 5) is 8.03. The molecule has 2 rings (SSSR count). The van der Waals surface area contributed by atoms with E-state index < -0.39 is 0 Å². The zero-order valence-corrected chi connectivity index (χ0v) is 10.1. The van der Waals surface area contributed by atoms with E-state index in [1.165, 1.54) is 13.4 Å². The van der Waals surface area contributed by atoms with Crippen LogP contribution in [0.5, 0.6) is 5.75 Å². The number of ether oxygens (including phenoxy) is 1. The van der Waals surface area contributed by atoms with Gasteiger partial charge in [0.2, 0.25) is 5.75 Å². The Morgan fingerprint density at radius 1 is 1.39 bits per heavy atom. The molecule has 18 heavy (non-hydrogen) atoms. The van der Waals surface area contributed by atoms with Gasteiger partial charge in [-0.15, -0.1) is 10.2 Å². The Labute approximate surface area is 103 Å². The first-order chi connectivity index (χ1) is 8.76. The minimum absolute atomic E-state index is 0.410. The molecule has 0 saturated carbocycles. The van der Waals surface area contributed by atoms with Crippen LogP contribution in [0.2, 0.25) is 0 Å². The van der Waals surface area contributed by atoms with Gasteiger partial charge in [0, 0.05) is 7.05 Å². The van der Waals surface area contributed by atoms with Crippen molar-refractivity contribution in [3.63, 3.8) is 0 Å². The first-order valence-electron chi connectivity index (χ1n) is 5.18. The molecule has 4 N–H and O–H groups in total. The normalized spacial score (nSPS) is 10.2. The van der Waals surface area contributed by atoms with Gasteiger partial charge in [-0.3, -0.25) is 0 Å². The Kier molecular flexibility index (Phi) is 3.53. The lowest BCUT2D eigenvalue weighted by Crippen LogP contribution is -2.13. The molecule has 0 unspecified atom stereocenters. The van der Waals surface area contributed by atoms with Crippen molar-refractivity contribution in [3.8, 4) is 5.75 Å². The third kappa shape index (κ3) is 2.30. The van der Waals surface area contributed by atoms with E-state index >= 15 is 0 Å². The summed E-state index contributed by atoms with van der Waals surface area (Å²) >= 11 is 0. The maximum absolute atomic E-state index is 5.34. The Balaban J connectivity index is 2.16. The molecule has 0 amide bonds. The standard InChI is InChI=1S/C9H14N8O/c1-17-5-14-16-6(17)3-11-8-7(18-2)9(15-10)13-4-12-8/h4-5H,3,10H2,1-2H3,(H2,11,12,13,15). The number of aryl methyl sites for hydroxylation is 1. The second-order valence-corrected chi connectivity index (χ2v) is 3.46. The van der Waals surface area contributed by atoms with Gasteiger partial charge < -0.3 is 20.0 Å². The summed E-state index contributed by atoms with van der Waals surface area (Å²) < 4.78 is 7.00. The molecule has 9 heteroatoms. The highest BCUT2D eigenvalue weighted by Crippen LogP contribution is 2.28. The topological polar surface area (TPSA) is 116 Å². The van der Waals surface area contributed by atoms with Gasteiger partial charge in [0.1, 0.15) is 12.7 Å². The molecule has 0 fully saturated rings. The monoisotopic (exact) mass is 250 g/mol. The number of rotatable bonds is 5. The number of aromatic nitrogens is 5. The number of anilines is 2. The molecule has 0 saturated heterocycles. The van der Waals surface area contributed by atoms with Gasteiger partial charge in [0.25, 0.3) is 0 Å². The van der Waals surface area contributed by atoms with Gasteiger partial charge in [-0.05, 0) is 0 Å². The summed E-state index contributed by atoms with van der Waals surface area (Å²) in [6.45, 7) is 0.466. The Morgan fingerprint density at radius 2 is 2.17 bits per heavy atom. The molecule has 96 valence electrons. The Hall–Kier alpha value is -2.42. The van der Waals surface area contributed by atoms with Crippen LogP contribution in [-0.4, -0.2) is 31.8 Å². The van der Waals surface area contributed by atoms with Gasteiger partial charge in [-0.2, -0.15) is 0 Å². The summed E-state index contributed by atoms with van der Waals surface area (Å²) in [6, 6.07) is 0. The van der Waals surface area contributed by atoms with Crippen molar-refractivity contribution in [2.24, 2.45) is 12.9 Å². The molecule has 2 heterocycles. The molecule has 0 aliphatic carbocycles. The molecule has 0 spiro atoms. The van der Waals surface area contributed by atoms with Crippen molar-refractivity contribution >= 4 is 11.6 Å². The number of nitrogens with zero attached hydrogens (tertiary/aromatic N) is 5. The van der Waals surface area contributed by atoms with E-state index in [9.17, 15) is 0 Å². The second-order valence-electron chi connectivity index (χ2n) is 3.46. The fourth-order valence-electron chi connectivity index (χ4n) is 1.43. The average Bonchev–Trinajstić information content (AvgIpc) is 2.81. The second kappa shape index (κ2) is 5.27. The molecule has 2 aromatic heterocycles. The minimum atomic E-state index is 0.410. The maximum atomic E-state index is 5.34. The summed E-state index contributed by atoms with van der Waals surface area (Å²) in [5.74, 6) is 7.50. The molecule has 0 aliphatic rings. The third-order valence-corrected chi connectivity index (χ3v) is 2.36. The highest BCUT2D eigenvalue weighted by molar-refractivity contribution is 5.62.